The van der Waals surface area contributed by atoms with E-state index in [2.05, 4.69) is 10.6 Å². The largest absolute Gasteiger partial charge is 0.342 e. The highest BCUT2D eigenvalue weighted by Gasteiger charge is 2.57. The Morgan fingerprint density at radius 2 is 1.78 bits per heavy atom. The lowest BCUT2D eigenvalue weighted by molar-refractivity contribution is -0.139. The number of benzene rings is 1. The SMILES string of the molecule is NCCCC[C@@H]1NC(=O)[C@]2(CSC3=C2C(=O)c2ccccc2C3=O)NC1=O. The van der Waals surface area contributed by atoms with Gasteiger partial charge in [0.2, 0.25) is 11.7 Å². The van der Waals surface area contributed by atoms with Crippen molar-refractivity contribution in [2.75, 3.05) is 12.3 Å². The summed E-state index contributed by atoms with van der Waals surface area (Å²) in [5.74, 6) is -1.27. The molecule has 140 valence electrons. The summed E-state index contributed by atoms with van der Waals surface area (Å²) in [6.07, 6.45) is 1.97. The van der Waals surface area contributed by atoms with Crippen molar-refractivity contribution in [1.29, 1.82) is 0 Å². The van der Waals surface area contributed by atoms with Crippen LogP contribution >= 0.6 is 11.8 Å². The molecular formula is C19H19N3O4S. The van der Waals surface area contributed by atoms with Gasteiger partial charge >= 0.3 is 0 Å². The minimum absolute atomic E-state index is 0.0995. The second kappa shape index (κ2) is 6.61. The predicted molar refractivity (Wildman–Crippen MR) is 100 cm³/mol. The van der Waals surface area contributed by atoms with Gasteiger partial charge in [0.05, 0.1) is 10.5 Å². The van der Waals surface area contributed by atoms with Crippen molar-refractivity contribution < 1.29 is 19.2 Å². The lowest BCUT2D eigenvalue weighted by atomic mass is 9.78. The molecule has 2 heterocycles. The molecule has 0 radical (unpaired) electrons. The zero-order valence-corrected chi connectivity index (χ0v) is 15.4. The molecule has 2 aliphatic heterocycles. The monoisotopic (exact) mass is 385 g/mol. The van der Waals surface area contributed by atoms with Crippen LogP contribution in [0.1, 0.15) is 40.0 Å². The second-order valence-electron chi connectivity index (χ2n) is 6.90. The topological polar surface area (TPSA) is 118 Å². The van der Waals surface area contributed by atoms with Crippen LogP contribution in [0.3, 0.4) is 0 Å². The molecule has 0 aromatic heterocycles. The number of ketones is 2. The van der Waals surface area contributed by atoms with Crippen LogP contribution in [-0.2, 0) is 9.59 Å². The molecule has 7 nitrogen and oxygen atoms in total. The maximum Gasteiger partial charge on any atom is 0.252 e. The molecule has 4 N–H and O–H groups in total. The number of allylic oxidation sites excluding steroid dienone is 1. The maximum atomic E-state index is 13.1. The average molecular weight is 385 g/mol. The van der Waals surface area contributed by atoms with Crippen LogP contribution in [0.4, 0.5) is 0 Å². The number of hydrogen-bond donors (Lipinski definition) is 3. The standard InChI is InChI=1S/C19H19N3O4S/c20-8-4-3-7-12-17(25)22-19(18(26)21-12)9-27-16-13(19)14(23)10-5-1-2-6-11(10)15(16)24/h1-2,5-6,12H,3-4,7-9,20H2,(H,21,26)(H,22,25)/t12-,19+/m0/s1. The zero-order valence-electron chi connectivity index (χ0n) is 14.5. The van der Waals surface area contributed by atoms with E-state index < -0.39 is 17.5 Å². The van der Waals surface area contributed by atoms with Gasteiger partial charge in [-0.25, -0.2) is 0 Å². The highest BCUT2D eigenvalue weighted by atomic mass is 32.2. The van der Waals surface area contributed by atoms with Crippen molar-refractivity contribution in [3.63, 3.8) is 0 Å². The molecule has 4 rings (SSSR count). The fraction of sp³-hybridized carbons (Fsp3) is 0.368. The minimum Gasteiger partial charge on any atom is -0.342 e. The molecule has 2 atom stereocenters. The normalized spacial score (nSPS) is 26.8. The van der Waals surface area contributed by atoms with Gasteiger partial charge in [0.1, 0.15) is 6.04 Å². The van der Waals surface area contributed by atoms with Crippen molar-refractivity contribution >= 4 is 35.1 Å². The van der Waals surface area contributed by atoms with Gasteiger partial charge in [-0.1, -0.05) is 24.3 Å². The van der Waals surface area contributed by atoms with Crippen LogP contribution in [0.15, 0.2) is 34.7 Å². The summed E-state index contributed by atoms with van der Waals surface area (Å²) in [6, 6.07) is 5.92. The summed E-state index contributed by atoms with van der Waals surface area (Å²) in [5.41, 5.74) is 4.70. The molecule has 1 saturated heterocycles. The van der Waals surface area contributed by atoms with Gasteiger partial charge in [-0.3, -0.25) is 19.2 Å². The first kappa shape index (κ1) is 17.9. The Bertz CT molecular complexity index is 910. The predicted octanol–water partition coefficient (Wildman–Crippen LogP) is 0.549. The lowest BCUT2D eigenvalue weighted by Gasteiger charge is -2.38. The van der Waals surface area contributed by atoms with Gasteiger partial charge < -0.3 is 16.4 Å². The van der Waals surface area contributed by atoms with Crippen LogP contribution in [0, 0.1) is 0 Å². The summed E-state index contributed by atoms with van der Waals surface area (Å²) in [4.78, 5) is 51.7. The molecule has 8 heteroatoms. The van der Waals surface area contributed by atoms with E-state index in [0.29, 0.717) is 18.5 Å². The minimum atomic E-state index is -1.48. The van der Waals surface area contributed by atoms with Gasteiger partial charge in [-0.15, -0.1) is 11.8 Å². The van der Waals surface area contributed by atoms with Crippen LogP contribution < -0.4 is 16.4 Å². The molecule has 1 spiro atoms. The van der Waals surface area contributed by atoms with Crippen molar-refractivity contribution in [2.45, 2.75) is 30.8 Å². The molecule has 1 aliphatic carbocycles. The van der Waals surface area contributed by atoms with Gasteiger partial charge in [0, 0.05) is 16.9 Å². The van der Waals surface area contributed by atoms with Crippen LogP contribution in [0.2, 0.25) is 0 Å². The fourth-order valence-electron chi connectivity index (χ4n) is 3.81. The van der Waals surface area contributed by atoms with E-state index in [1.54, 1.807) is 24.3 Å². The van der Waals surface area contributed by atoms with Gasteiger partial charge in [-0.2, -0.15) is 0 Å². The van der Waals surface area contributed by atoms with Crippen molar-refractivity contribution in [3.05, 3.63) is 45.9 Å². The third-order valence-corrected chi connectivity index (χ3v) is 6.48. The highest BCUT2D eigenvalue weighted by molar-refractivity contribution is 8.04. The molecule has 1 aromatic carbocycles. The Balaban J connectivity index is 1.68. The van der Waals surface area contributed by atoms with Crippen molar-refractivity contribution in [2.24, 2.45) is 5.73 Å². The number of hydrogen-bond acceptors (Lipinski definition) is 6. The molecule has 0 bridgehead atoms. The lowest BCUT2D eigenvalue weighted by Crippen LogP contribution is -2.71. The Morgan fingerprint density at radius 1 is 1.07 bits per heavy atom. The highest BCUT2D eigenvalue weighted by Crippen LogP contribution is 2.46. The van der Waals surface area contributed by atoms with Crippen LogP contribution in [-0.4, -0.2) is 47.3 Å². The van der Waals surface area contributed by atoms with E-state index in [4.69, 9.17) is 5.73 Å². The summed E-state index contributed by atoms with van der Waals surface area (Å²) in [5, 5.41) is 5.51. The first-order chi connectivity index (χ1) is 13.0. The number of amides is 2. The van der Waals surface area contributed by atoms with Crippen molar-refractivity contribution in [3.8, 4) is 0 Å². The number of unbranched alkanes of at least 4 members (excludes halogenated alkanes) is 1. The van der Waals surface area contributed by atoms with E-state index in [9.17, 15) is 19.2 Å². The quantitative estimate of drug-likeness (QED) is 0.652. The van der Waals surface area contributed by atoms with E-state index in [1.165, 1.54) is 0 Å². The molecular weight excluding hydrogens is 366 g/mol. The van der Waals surface area contributed by atoms with Gasteiger partial charge in [0.15, 0.2) is 11.3 Å². The summed E-state index contributed by atoms with van der Waals surface area (Å²) in [6.45, 7) is 0.523. The summed E-state index contributed by atoms with van der Waals surface area (Å²) in [7, 11) is 0. The number of nitrogens with two attached hydrogens (primary N) is 1. The van der Waals surface area contributed by atoms with E-state index in [-0.39, 0.29) is 39.3 Å². The van der Waals surface area contributed by atoms with Crippen LogP contribution in [0.5, 0.6) is 0 Å². The average Bonchev–Trinajstić information content (AvgIpc) is 3.05. The Morgan fingerprint density at radius 3 is 2.48 bits per heavy atom. The number of Topliss-reactive ketones (excluding diaryl/α,β-unsaturated/α-hetero) is 2. The first-order valence-corrected chi connectivity index (χ1v) is 9.87. The number of carbonyl (C=O) groups is 4. The zero-order chi connectivity index (χ0) is 19.2. The Hall–Kier alpha value is -2.45. The number of nitrogens with one attached hydrogen (secondary N) is 2. The Labute approximate surface area is 160 Å². The molecule has 2 amide bonds. The van der Waals surface area contributed by atoms with Gasteiger partial charge in [-0.05, 0) is 25.8 Å². The van der Waals surface area contributed by atoms with Gasteiger partial charge in [0.25, 0.3) is 5.91 Å². The van der Waals surface area contributed by atoms with E-state index in [1.807, 2.05) is 0 Å². The number of thioether (sulfide) groups is 1. The third kappa shape index (κ3) is 2.62. The molecule has 0 unspecified atom stereocenters. The van der Waals surface area contributed by atoms with Crippen LogP contribution in [0.25, 0.3) is 0 Å². The summed E-state index contributed by atoms with van der Waals surface area (Å²) < 4.78 is 0. The molecule has 1 fully saturated rings. The molecule has 1 aromatic rings. The second-order valence-corrected chi connectivity index (χ2v) is 7.89. The van der Waals surface area contributed by atoms with Crippen molar-refractivity contribution in [1.82, 2.24) is 10.6 Å². The Kier molecular flexibility index (Phi) is 4.39. The first-order valence-electron chi connectivity index (χ1n) is 8.88. The number of fused-ring (bicyclic) bond motifs is 2. The summed E-state index contributed by atoms with van der Waals surface area (Å²) >= 11 is 1.15. The van der Waals surface area contributed by atoms with E-state index >= 15 is 0 Å². The number of rotatable bonds is 4. The maximum absolute atomic E-state index is 13.1. The third-order valence-electron chi connectivity index (χ3n) is 5.23. The molecule has 0 saturated carbocycles. The molecule has 3 aliphatic rings. The number of carbonyl (C=O) groups excluding carboxylic acids is 4. The molecule has 27 heavy (non-hydrogen) atoms. The van der Waals surface area contributed by atoms with E-state index in [0.717, 1.165) is 24.6 Å². The smallest absolute Gasteiger partial charge is 0.252 e. The number of piperazine rings is 1. The fourth-order valence-corrected chi connectivity index (χ4v) is 5.17.